The first kappa shape index (κ1) is 24.1. The molecular formula is C25H33F5O. The number of benzene rings is 1. The Hall–Kier alpha value is -1.59. The van der Waals surface area contributed by atoms with Crippen LogP contribution in [0.2, 0.25) is 0 Å². The van der Waals surface area contributed by atoms with Crippen LogP contribution in [0.25, 0.3) is 0 Å². The SMILES string of the molecule is C/C=C/C[C@H]1CC[C@H]([C@H]2CC[C@H](CCc3cc(F)c(OC(F)(F)F)c(F)c3)CC2)CC1. The fraction of sp³-hybridized carbons (Fsp3) is 0.680. The average molecular weight is 445 g/mol. The molecule has 2 aliphatic rings. The summed E-state index contributed by atoms with van der Waals surface area (Å²) in [6.07, 6.45) is 11.8. The van der Waals surface area contributed by atoms with Crippen molar-refractivity contribution in [2.24, 2.45) is 23.7 Å². The van der Waals surface area contributed by atoms with Gasteiger partial charge in [0.1, 0.15) is 0 Å². The highest BCUT2D eigenvalue weighted by atomic mass is 19.4. The van der Waals surface area contributed by atoms with Crippen molar-refractivity contribution in [2.45, 2.75) is 83.9 Å². The second-order valence-electron chi connectivity index (χ2n) is 9.34. The maximum atomic E-state index is 13.9. The molecule has 0 atom stereocenters. The summed E-state index contributed by atoms with van der Waals surface area (Å²) in [6.45, 7) is 2.08. The zero-order valence-electron chi connectivity index (χ0n) is 18.2. The molecule has 0 aromatic heterocycles. The molecule has 0 saturated heterocycles. The third-order valence-corrected chi connectivity index (χ3v) is 7.27. The third-order valence-electron chi connectivity index (χ3n) is 7.27. The number of aryl methyl sites for hydroxylation is 1. The highest BCUT2D eigenvalue weighted by Gasteiger charge is 2.34. The molecule has 31 heavy (non-hydrogen) atoms. The predicted molar refractivity (Wildman–Crippen MR) is 112 cm³/mol. The van der Waals surface area contributed by atoms with Gasteiger partial charge in [-0.2, -0.15) is 0 Å². The molecule has 2 aliphatic carbocycles. The molecule has 0 radical (unpaired) electrons. The van der Waals surface area contributed by atoms with E-state index in [1.54, 1.807) is 0 Å². The van der Waals surface area contributed by atoms with Gasteiger partial charge in [-0.05, 0) is 106 Å². The van der Waals surface area contributed by atoms with Gasteiger partial charge in [0.15, 0.2) is 11.6 Å². The molecule has 2 saturated carbocycles. The van der Waals surface area contributed by atoms with Gasteiger partial charge in [-0.15, -0.1) is 13.2 Å². The Morgan fingerprint density at radius 2 is 1.39 bits per heavy atom. The number of hydrogen-bond acceptors (Lipinski definition) is 1. The van der Waals surface area contributed by atoms with E-state index in [2.05, 4.69) is 23.8 Å². The average Bonchev–Trinajstić information content (AvgIpc) is 2.73. The minimum Gasteiger partial charge on any atom is -0.399 e. The van der Waals surface area contributed by atoms with Gasteiger partial charge < -0.3 is 4.74 Å². The Kier molecular flexibility index (Phi) is 8.40. The van der Waals surface area contributed by atoms with Gasteiger partial charge in [-0.25, -0.2) is 8.78 Å². The Balaban J connectivity index is 1.43. The van der Waals surface area contributed by atoms with Crippen molar-refractivity contribution in [1.29, 1.82) is 0 Å². The van der Waals surface area contributed by atoms with Crippen molar-refractivity contribution in [3.05, 3.63) is 41.5 Å². The van der Waals surface area contributed by atoms with Gasteiger partial charge in [0, 0.05) is 0 Å². The molecule has 6 heteroatoms. The van der Waals surface area contributed by atoms with Gasteiger partial charge >= 0.3 is 6.36 Å². The van der Waals surface area contributed by atoms with E-state index in [1.807, 2.05) is 0 Å². The van der Waals surface area contributed by atoms with Gasteiger partial charge in [-0.1, -0.05) is 25.0 Å². The third kappa shape index (κ3) is 7.21. The van der Waals surface area contributed by atoms with Crippen LogP contribution in [0.1, 0.15) is 76.7 Å². The van der Waals surface area contributed by atoms with Gasteiger partial charge in [0.2, 0.25) is 5.75 Å². The summed E-state index contributed by atoms with van der Waals surface area (Å²) in [5, 5.41) is 0. The van der Waals surface area contributed by atoms with Crippen LogP contribution in [0.5, 0.6) is 5.75 Å². The maximum Gasteiger partial charge on any atom is 0.573 e. The Labute approximate surface area is 182 Å². The molecule has 0 heterocycles. The monoisotopic (exact) mass is 444 g/mol. The minimum atomic E-state index is -5.12. The molecule has 2 fully saturated rings. The number of allylic oxidation sites excluding steroid dienone is 2. The zero-order chi connectivity index (χ0) is 22.4. The molecule has 3 rings (SSSR count). The molecule has 0 spiro atoms. The van der Waals surface area contributed by atoms with Crippen LogP contribution < -0.4 is 4.74 Å². The lowest BCUT2D eigenvalue weighted by Crippen LogP contribution is -2.26. The number of ether oxygens (including phenoxy) is 1. The highest BCUT2D eigenvalue weighted by Crippen LogP contribution is 2.43. The van der Waals surface area contributed by atoms with E-state index < -0.39 is 23.7 Å². The lowest BCUT2D eigenvalue weighted by atomic mass is 9.68. The van der Waals surface area contributed by atoms with Crippen molar-refractivity contribution in [1.82, 2.24) is 0 Å². The topological polar surface area (TPSA) is 9.23 Å². The normalized spacial score (nSPS) is 27.5. The van der Waals surface area contributed by atoms with Crippen LogP contribution in [0.3, 0.4) is 0 Å². The highest BCUT2D eigenvalue weighted by molar-refractivity contribution is 5.31. The Bertz CT molecular complexity index is 703. The van der Waals surface area contributed by atoms with Crippen LogP contribution in [0.4, 0.5) is 22.0 Å². The zero-order valence-corrected chi connectivity index (χ0v) is 18.2. The molecule has 1 nitrogen and oxygen atoms in total. The first-order valence-corrected chi connectivity index (χ1v) is 11.6. The molecule has 0 N–H and O–H groups in total. The summed E-state index contributed by atoms with van der Waals surface area (Å²) >= 11 is 0. The summed E-state index contributed by atoms with van der Waals surface area (Å²) in [6, 6.07) is 1.92. The van der Waals surface area contributed by atoms with Crippen LogP contribution in [-0.4, -0.2) is 6.36 Å². The first-order valence-electron chi connectivity index (χ1n) is 11.6. The van der Waals surface area contributed by atoms with E-state index in [9.17, 15) is 22.0 Å². The molecule has 1 aromatic carbocycles. The van der Waals surface area contributed by atoms with E-state index in [1.165, 1.54) is 44.9 Å². The van der Waals surface area contributed by atoms with Crippen LogP contribution >= 0.6 is 0 Å². The summed E-state index contributed by atoms with van der Waals surface area (Å²) in [7, 11) is 0. The first-order chi connectivity index (χ1) is 14.7. The number of rotatable bonds is 7. The van der Waals surface area contributed by atoms with E-state index in [-0.39, 0.29) is 0 Å². The lowest BCUT2D eigenvalue weighted by molar-refractivity contribution is -0.276. The van der Waals surface area contributed by atoms with E-state index in [0.717, 1.165) is 49.1 Å². The minimum absolute atomic E-state index is 0.381. The molecule has 174 valence electrons. The standard InChI is InChI=1S/C25H33F5O/c1-2-3-4-17-7-11-20(12-8-17)21-13-9-18(10-14-21)5-6-19-15-22(26)24(23(27)16-19)31-25(28,29)30/h2-3,15-18,20-21H,4-14H2,1H3/b3-2+/t17-,18-,20-,21-. The van der Waals surface area contributed by atoms with Gasteiger partial charge in [0.05, 0.1) is 0 Å². The fourth-order valence-electron chi connectivity index (χ4n) is 5.51. The second kappa shape index (κ2) is 10.8. The van der Waals surface area contributed by atoms with Crippen LogP contribution in [0.15, 0.2) is 24.3 Å². The summed E-state index contributed by atoms with van der Waals surface area (Å²) in [5.74, 6) is -0.990. The number of halogens is 5. The summed E-state index contributed by atoms with van der Waals surface area (Å²) in [5.41, 5.74) is 0.381. The lowest BCUT2D eigenvalue weighted by Gasteiger charge is -2.37. The Morgan fingerprint density at radius 1 is 0.871 bits per heavy atom. The molecule has 0 unspecified atom stereocenters. The van der Waals surface area contributed by atoms with Crippen molar-refractivity contribution in [3.63, 3.8) is 0 Å². The quantitative estimate of drug-likeness (QED) is 0.303. The van der Waals surface area contributed by atoms with Crippen molar-refractivity contribution < 1.29 is 26.7 Å². The molecule has 1 aromatic rings. The van der Waals surface area contributed by atoms with Gasteiger partial charge in [0.25, 0.3) is 0 Å². The van der Waals surface area contributed by atoms with Gasteiger partial charge in [-0.3, -0.25) is 0 Å². The van der Waals surface area contributed by atoms with Crippen LogP contribution in [0, 0.1) is 35.3 Å². The smallest absolute Gasteiger partial charge is 0.399 e. The largest absolute Gasteiger partial charge is 0.573 e. The summed E-state index contributed by atoms with van der Waals surface area (Å²) < 4.78 is 68.0. The summed E-state index contributed by atoms with van der Waals surface area (Å²) in [4.78, 5) is 0. The van der Waals surface area contributed by atoms with E-state index in [0.29, 0.717) is 17.9 Å². The molecule has 0 bridgehead atoms. The van der Waals surface area contributed by atoms with Crippen molar-refractivity contribution in [3.8, 4) is 5.75 Å². The van der Waals surface area contributed by atoms with E-state index in [4.69, 9.17) is 0 Å². The fourth-order valence-corrected chi connectivity index (χ4v) is 5.51. The molecule has 0 aliphatic heterocycles. The second-order valence-corrected chi connectivity index (χ2v) is 9.34. The van der Waals surface area contributed by atoms with Crippen molar-refractivity contribution >= 4 is 0 Å². The Morgan fingerprint density at radius 3 is 1.87 bits per heavy atom. The number of alkyl halides is 3. The molecule has 0 amide bonds. The predicted octanol–water partition coefficient (Wildman–Crippen LogP) is 8.38. The molecular weight excluding hydrogens is 411 g/mol. The van der Waals surface area contributed by atoms with Crippen molar-refractivity contribution in [2.75, 3.05) is 0 Å². The number of hydrogen-bond donors (Lipinski definition) is 0. The van der Waals surface area contributed by atoms with Crippen LogP contribution in [-0.2, 0) is 6.42 Å². The maximum absolute atomic E-state index is 13.9. The van der Waals surface area contributed by atoms with E-state index >= 15 is 0 Å².